The molecule has 0 heterocycles. The molecule has 0 saturated heterocycles. The summed E-state index contributed by atoms with van der Waals surface area (Å²) in [5.41, 5.74) is 2.43. The van der Waals surface area contributed by atoms with E-state index >= 15 is 0 Å². The van der Waals surface area contributed by atoms with Crippen LogP contribution in [0.1, 0.15) is 24.0 Å². The molecular weight excluding hydrogens is 214 g/mol. The van der Waals surface area contributed by atoms with Crippen molar-refractivity contribution in [1.82, 2.24) is 0 Å². The maximum atomic E-state index is 10.6. The molecule has 2 aromatic rings. The van der Waals surface area contributed by atoms with Crippen LogP contribution in [0.5, 0.6) is 0 Å². The minimum atomic E-state index is -0.378. The van der Waals surface area contributed by atoms with Crippen LogP contribution in [0.3, 0.4) is 0 Å². The van der Waals surface area contributed by atoms with Crippen LogP contribution in [0.4, 0.5) is 5.69 Å². The molecule has 86 valence electrons. The largest absolute Gasteiger partial charge is 0.269 e. The maximum absolute atomic E-state index is 10.6. The molecule has 0 aliphatic carbocycles. The van der Waals surface area contributed by atoms with E-state index in [9.17, 15) is 10.1 Å². The van der Waals surface area contributed by atoms with Crippen molar-refractivity contribution in [2.45, 2.75) is 12.8 Å². The fourth-order valence-corrected chi connectivity index (χ4v) is 1.82. The number of benzene rings is 2. The number of nitro groups is 1. The molecule has 2 aromatic carbocycles. The smallest absolute Gasteiger partial charge is 0.258 e. The number of hydrogen-bond acceptors (Lipinski definition) is 2. The Morgan fingerprint density at radius 2 is 1.47 bits per heavy atom. The molecular formula is C14H13NO2. The summed E-state index contributed by atoms with van der Waals surface area (Å²) < 4.78 is 0. The molecule has 0 aliphatic heterocycles. The fraction of sp³-hybridized carbons (Fsp3) is 0.143. The first-order valence-electron chi connectivity index (χ1n) is 5.48. The van der Waals surface area contributed by atoms with Gasteiger partial charge in [-0.2, -0.15) is 0 Å². The van der Waals surface area contributed by atoms with Crippen molar-refractivity contribution in [2.24, 2.45) is 0 Å². The topological polar surface area (TPSA) is 43.1 Å². The zero-order chi connectivity index (χ0) is 12.3. The number of rotatable bonds is 3. The lowest BCUT2D eigenvalue weighted by Gasteiger charge is -2.11. The SMILES string of the molecule is C[C@H](c1ccccc1)c1ccc([N+](=O)[O-])cc1. The van der Waals surface area contributed by atoms with Crippen molar-refractivity contribution >= 4 is 5.69 Å². The summed E-state index contributed by atoms with van der Waals surface area (Å²) in [7, 11) is 0. The number of non-ortho nitro benzene ring substituents is 1. The molecule has 0 amide bonds. The third-order valence-corrected chi connectivity index (χ3v) is 2.90. The van der Waals surface area contributed by atoms with Crippen molar-refractivity contribution in [3.8, 4) is 0 Å². The minimum Gasteiger partial charge on any atom is -0.258 e. The first-order chi connectivity index (χ1) is 8.18. The Bertz CT molecular complexity index is 506. The standard InChI is InChI=1S/C14H13NO2/c1-11(12-5-3-2-4-6-12)13-7-9-14(10-8-13)15(16)17/h2-11H,1H3/t11-/m1/s1. The summed E-state index contributed by atoms with van der Waals surface area (Å²) in [4.78, 5) is 10.2. The molecule has 0 radical (unpaired) electrons. The molecule has 0 N–H and O–H groups in total. The molecule has 0 unspecified atom stereocenters. The van der Waals surface area contributed by atoms with Crippen LogP contribution in [0.15, 0.2) is 54.6 Å². The van der Waals surface area contributed by atoms with E-state index in [-0.39, 0.29) is 16.5 Å². The number of nitro benzene ring substituents is 1. The minimum absolute atomic E-state index is 0.133. The summed E-state index contributed by atoms with van der Waals surface area (Å²) in [6, 6.07) is 16.8. The molecule has 3 heteroatoms. The molecule has 0 fully saturated rings. The molecule has 0 aromatic heterocycles. The van der Waals surface area contributed by atoms with Crippen LogP contribution in [0, 0.1) is 10.1 Å². The van der Waals surface area contributed by atoms with Crippen LogP contribution in [0.2, 0.25) is 0 Å². The van der Waals surface area contributed by atoms with Crippen molar-refractivity contribution in [3.63, 3.8) is 0 Å². The number of nitrogens with zero attached hydrogens (tertiary/aromatic N) is 1. The van der Waals surface area contributed by atoms with E-state index in [1.165, 1.54) is 5.56 Å². The average molecular weight is 227 g/mol. The van der Waals surface area contributed by atoms with Gasteiger partial charge in [-0.05, 0) is 11.1 Å². The van der Waals surface area contributed by atoms with Gasteiger partial charge in [-0.1, -0.05) is 49.4 Å². The van der Waals surface area contributed by atoms with Gasteiger partial charge in [-0.3, -0.25) is 10.1 Å². The fourth-order valence-electron chi connectivity index (χ4n) is 1.82. The van der Waals surface area contributed by atoms with Crippen molar-refractivity contribution in [1.29, 1.82) is 0 Å². The third-order valence-electron chi connectivity index (χ3n) is 2.90. The molecule has 2 rings (SSSR count). The van der Waals surface area contributed by atoms with Gasteiger partial charge in [0.05, 0.1) is 4.92 Å². The van der Waals surface area contributed by atoms with Crippen molar-refractivity contribution < 1.29 is 4.92 Å². The molecule has 0 spiro atoms. The second kappa shape index (κ2) is 4.78. The van der Waals surface area contributed by atoms with E-state index in [0.29, 0.717) is 0 Å². The van der Waals surface area contributed by atoms with E-state index < -0.39 is 0 Å². The van der Waals surface area contributed by atoms with Gasteiger partial charge >= 0.3 is 0 Å². The second-order valence-electron chi connectivity index (χ2n) is 3.98. The predicted molar refractivity (Wildman–Crippen MR) is 67.1 cm³/mol. The van der Waals surface area contributed by atoms with Crippen LogP contribution in [-0.2, 0) is 0 Å². The Kier molecular flexibility index (Phi) is 3.19. The van der Waals surface area contributed by atoms with E-state index in [4.69, 9.17) is 0 Å². The van der Waals surface area contributed by atoms with Gasteiger partial charge in [0.25, 0.3) is 5.69 Å². The van der Waals surface area contributed by atoms with Gasteiger partial charge in [0.2, 0.25) is 0 Å². The third kappa shape index (κ3) is 2.50. The zero-order valence-corrected chi connectivity index (χ0v) is 9.54. The van der Waals surface area contributed by atoms with Gasteiger partial charge in [-0.25, -0.2) is 0 Å². The van der Waals surface area contributed by atoms with Gasteiger partial charge < -0.3 is 0 Å². The van der Waals surface area contributed by atoms with Gasteiger partial charge in [0.1, 0.15) is 0 Å². The zero-order valence-electron chi connectivity index (χ0n) is 9.54. The molecule has 0 aliphatic rings. The predicted octanol–water partition coefficient (Wildman–Crippen LogP) is 3.75. The van der Waals surface area contributed by atoms with E-state index in [1.807, 2.05) is 30.3 Å². The Balaban J connectivity index is 2.26. The molecule has 17 heavy (non-hydrogen) atoms. The lowest BCUT2D eigenvalue weighted by Crippen LogP contribution is -1.96. The lowest BCUT2D eigenvalue weighted by atomic mass is 9.93. The Labute approximate surface area is 99.9 Å². The molecule has 0 bridgehead atoms. The molecule has 3 nitrogen and oxygen atoms in total. The van der Waals surface area contributed by atoms with Crippen molar-refractivity contribution in [3.05, 3.63) is 75.8 Å². The second-order valence-corrected chi connectivity index (χ2v) is 3.98. The van der Waals surface area contributed by atoms with Crippen molar-refractivity contribution in [2.75, 3.05) is 0 Å². The highest BCUT2D eigenvalue weighted by molar-refractivity contribution is 5.38. The van der Waals surface area contributed by atoms with E-state index in [1.54, 1.807) is 12.1 Å². The van der Waals surface area contributed by atoms with Crippen LogP contribution in [0.25, 0.3) is 0 Å². The Hall–Kier alpha value is -2.16. The number of hydrogen-bond donors (Lipinski definition) is 0. The quantitative estimate of drug-likeness (QED) is 0.592. The van der Waals surface area contributed by atoms with Gasteiger partial charge in [0, 0.05) is 18.1 Å². The summed E-state index contributed by atoms with van der Waals surface area (Å²) in [6.45, 7) is 2.09. The lowest BCUT2D eigenvalue weighted by molar-refractivity contribution is -0.384. The monoisotopic (exact) mass is 227 g/mol. The summed E-state index contributed by atoms with van der Waals surface area (Å²) >= 11 is 0. The molecule has 1 atom stereocenters. The summed E-state index contributed by atoms with van der Waals surface area (Å²) in [5, 5.41) is 10.6. The highest BCUT2D eigenvalue weighted by Crippen LogP contribution is 2.25. The van der Waals surface area contributed by atoms with E-state index in [0.717, 1.165) is 5.56 Å². The normalized spacial score (nSPS) is 12.1. The van der Waals surface area contributed by atoms with Gasteiger partial charge in [-0.15, -0.1) is 0 Å². The Morgan fingerprint density at radius 3 is 2.00 bits per heavy atom. The first-order valence-corrected chi connectivity index (χ1v) is 5.48. The summed E-state index contributed by atoms with van der Waals surface area (Å²) in [6.07, 6.45) is 0. The van der Waals surface area contributed by atoms with Gasteiger partial charge in [0.15, 0.2) is 0 Å². The Morgan fingerprint density at radius 1 is 0.941 bits per heavy atom. The molecule has 0 saturated carbocycles. The maximum Gasteiger partial charge on any atom is 0.269 e. The van der Waals surface area contributed by atoms with Crippen LogP contribution >= 0.6 is 0 Å². The first kappa shape index (κ1) is 11.3. The highest BCUT2D eigenvalue weighted by Gasteiger charge is 2.10. The summed E-state index contributed by atoms with van der Waals surface area (Å²) in [5.74, 6) is 0.247. The van der Waals surface area contributed by atoms with Crippen LogP contribution < -0.4 is 0 Å². The highest BCUT2D eigenvalue weighted by atomic mass is 16.6. The van der Waals surface area contributed by atoms with Crippen LogP contribution in [-0.4, -0.2) is 4.92 Å². The van der Waals surface area contributed by atoms with E-state index in [2.05, 4.69) is 19.1 Å². The average Bonchev–Trinajstić information content (AvgIpc) is 2.39.